The fourth-order valence-electron chi connectivity index (χ4n) is 1.35. The monoisotopic (exact) mass is 208 g/mol. The summed E-state index contributed by atoms with van der Waals surface area (Å²) in [6, 6.07) is 5.69. The molecule has 0 aromatic carbocycles. The van der Waals surface area contributed by atoms with Gasteiger partial charge < -0.3 is 10.4 Å². The van der Waals surface area contributed by atoms with Crippen LogP contribution in [0, 0.1) is 5.92 Å². The van der Waals surface area contributed by atoms with Gasteiger partial charge in [-0.15, -0.1) is 0 Å². The average molecular weight is 208 g/mol. The van der Waals surface area contributed by atoms with Gasteiger partial charge in [0, 0.05) is 12.7 Å². The van der Waals surface area contributed by atoms with Crippen LogP contribution in [0.4, 0.5) is 5.82 Å². The Kier molecular flexibility index (Phi) is 4.09. The fourth-order valence-corrected chi connectivity index (χ4v) is 1.35. The molecule has 3 heteroatoms. The van der Waals surface area contributed by atoms with Crippen LogP contribution in [-0.4, -0.2) is 22.2 Å². The van der Waals surface area contributed by atoms with E-state index >= 15 is 0 Å². The van der Waals surface area contributed by atoms with Gasteiger partial charge in [-0.1, -0.05) is 26.3 Å². The van der Waals surface area contributed by atoms with Crippen molar-refractivity contribution in [1.29, 1.82) is 0 Å². The second-order valence-corrected chi connectivity index (χ2v) is 4.23. The molecule has 1 aromatic heterocycles. The van der Waals surface area contributed by atoms with Crippen molar-refractivity contribution < 1.29 is 5.11 Å². The Bertz CT molecular complexity index is 285. The summed E-state index contributed by atoms with van der Waals surface area (Å²) in [6.07, 6.45) is 2.71. The van der Waals surface area contributed by atoms with Crippen molar-refractivity contribution in [3.8, 4) is 0 Å². The Morgan fingerprint density at radius 2 is 2.27 bits per heavy atom. The van der Waals surface area contributed by atoms with E-state index in [1.807, 2.05) is 25.1 Å². The molecule has 0 aliphatic rings. The number of hydrogen-bond donors (Lipinski definition) is 2. The molecule has 0 saturated heterocycles. The second-order valence-electron chi connectivity index (χ2n) is 4.23. The van der Waals surface area contributed by atoms with Crippen molar-refractivity contribution in [2.24, 2.45) is 5.92 Å². The third kappa shape index (κ3) is 3.51. The molecule has 0 spiro atoms. The molecular weight excluding hydrogens is 188 g/mol. The molecule has 1 rings (SSSR count). The summed E-state index contributed by atoms with van der Waals surface area (Å²) < 4.78 is 0. The van der Waals surface area contributed by atoms with E-state index in [9.17, 15) is 5.11 Å². The highest BCUT2D eigenvalue weighted by atomic mass is 16.3. The van der Waals surface area contributed by atoms with Crippen LogP contribution in [-0.2, 0) is 0 Å². The molecule has 0 aliphatic heterocycles. The Labute approximate surface area is 91.5 Å². The van der Waals surface area contributed by atoms with Crippen molar-refractivity contribution in [1.82, 2.24) is 4.98 Å². The highest BCUT2D eigenvalue weighted by Crippen LogP contribution is 2.20. The zero-order valence-corrected chi connectivity index (χ0v) is 9.70. The van der Waals surface area contributed by atoms with Gasteiger partial charge in [-0.2, -0.15) is 0 Å². The lowest BCUT2D eigenvalue weighted by atomic mass is 9.89. The summed E-state index contributed by atoms with van der Waals surface area (Å²) in [6.45, 7) is 6.52. The number of rotatable bonds is 5. The second kappa shape index (κ2) is 5.12. The van der Waals surface area contributed by atoms with Gasteiger partial charge in [-0.05, 0) is 25.0 Å². The first-order valence-electron chi connectivity index (χ1n) is 5.43. The van der Waals surface area contributed by atoms with E-state index in [4.69, 9.17) is 0 Å². The van der Waals surface area contributed by atoms with Crippen LogP contribution < -0.4 is 5.32 Å². The number of anilines is 1. The molecule has 0 radical (unpaired) electrons. The summed E-state index contributed by atoms with van der Waals surface area (Å²) in [5, 5.41) is 13.3. The zero-order chi connectivity index (χ0) is 11.3. The van der Waals surface area contributed by atoms with Crippen molar-refractivity contribution in [3.63, 3.8) is 0 Å². The topological polar surface area (TPSA) is 45.1 Å². The summed E-state index contributed by atoms with van der Waals surface area (Å²) in [5.41, 5.74) is -0.688. The molecule has 2 unspecified atom stereocenters. The minimum Gasteiger partial charge on any atom is -0.388 e. The lowest BCUT2D eigenvalue weighted by Gasteiger charge is -2.29. The van der Waals surface area contributed by atoms with Gasteiger partial charge in [0.25, 0.3) is 0 Å². The summed E-state index contributed by atoms with van der Waals surface area (Å²) in [7, 11) is 0. The number of hydrogen-bond acceptors (Lipinski definition) is 3. The first-order chi connectivity index (χ1) is 7.06. The SMILES string of the molecule is CCC(C)C(C)(O)CNc1ccccn1. The number of nitrogens with zero attached hydrogens (tertiary/aromatic N) is 1. The molecule has 3 nitrogen and oxygen atoms in total. The highest BCUT2D eigenvalue weighted by Gasteiger charge is 2.26. The third-order valence-electron chi connectivity index (χ3n) is 2.97. The maximum absolute atomic E-state index is 10.2. The molecular formula is C12H20N2O. The minimum absolute atomic E-state index is 0.272. The molecule has 2 atom stereocenters. The van der Waals surface area contributed by atoms with E-state index in [2.05, 4.69) is 24.1 Å². The van der Waals surface area contributed by atoms with E-state index < -0.39 is 5.60 Å². The van der Waals surface area contributed by atoms with E-state index in [1.54, 1.807) is 6.20 Å². The Morgan fingerprint density at radius 3 is 2.80 bits per heavy atom. The molecule has 0 saturated carbocycles. The minimum atomic E-state index is -0.688. The highest BCUT2D eigenvalue weighted by molar-refractivity contribution is 5.33. The van der Waals surface area contributed by atoms with Crippen LogP contribution in [0.1, 0.15) is 27.2 Å². The standard InChI is InChI=1S/C12H20N2O/c1-4-10(2)12(3,15)9-14-11-7-5-6-8-13-11/h5-8,10,15H,4,9H2,1-3H3,(H,13,14). The summed E-state index contributed by atoms with van der Waals surface area (Å²) in [4.78, 5) is 4.14. The normalized spacial score (nSPS) is 16.8. The fraction of sp³-hybridized carbons (Fsp3) is 0.583. The van der Waals surface area contributed by atoms with E-state index in [1.165, 1.54) is 0 Å². The molecule has 15 heavy (non-hydrogen) atoms. The number of aliphatic hydroxyl groups is 1. The third-order valence-corrected chi connectivity index (χ3v) is 2.97. The molecule has 84 valence electrons. The van der Waals surface area contributed by atoms with Gasteiger partial charge in [-0.3, -0.25) is 0 Å². The lowest BCUT2D eigenvalue weighted by molar-refractivity contribution is 0.0175. The first-order valence-corrected chi connectivity index (χ1v) is 5.43. The Hall–Kier alpha value is -1.09. The van der Waals surface area contributed by atoms with Crippen LogP contribution in [0.25, 0.3) is 0 Å². The maximum Gasteiger partial charge on any atom is 0.125 e. The zero-order valence-electron chi connectivity index (χ0n) is 9.70. The lowest BCUT2D eigenvalue weighted by Crippen LogP contribution is -2.39. The number of nitrogens with one attached hydrogen (secondary N) is 1. The maximum atomic E-state index is 10.2. The van der Waals surface area contributed by atoms with Crippen molar-refractivity contribution in [3.05, 3.63) is 24.4 Å². The molecule has 1 heterocycles. The first kappa shape index (κ1) is 12.0. The Morgan fingerprint density at radius 1 is 1.53 bits per heavy atom. The molecule has 2 N–H and O–H groups in total. The molecule has 0 fully saturated rings. The van der Waals surface area contributed by atoms with Crippen LogP contribution in [0.3, 0.4) is 0 Å². The average Bonchev–Trinajstić information content (AvgIpc) is 2.27. The van der Waals surface area contributed by atoms with Gasteiger partial charge in [0.1, 0.15) is 5.82 Å². The van der Waals surface area contributed by atoms with Crippen LogP contribution in [0.5, 0.6) is 0 Å². The molecule has 1 aromatic rings. The van der Waals surface area contributed by atoms with E-state index in [0.717, 1.165) is 12.2 Å². The summed E-state index contributed by atoms with van der Waals surface area (Å²) in [5.74, 6) is 1.08. The van der Waals surface area contributed by atoms with Crippen molar-refractivity contribution in [2.75, 3.05) is 11.9 Å². The molecule has 0 amide bonds. The number of pyridine rings is 1. The van der Waals surface area contributed by atoms with E-state index in [-0.39, 0.29) is 5.92 Å². The Balaban J connectivity index is 2.49. The van der Waals surface area contributed by atoms with Gasteiger partial charge >= 0.3 is 0 Å². The predicted octanol–water partition coefficient (Wildman–Crippen LogP) is 2.29. The molecule has 0 bridgehead atoms. The van der Waals surface area contributed by atoms with Crippen LogP contribution in [0.2, 0.25) is 0 Å². The van der Waals surface area contributed by atoms with Crippen molar-refractivity contribution >= 4 is 5.82 Å². The summed E-state index contributed by atoms with van der Waals surface area (Å²) >= 11 is 0. The van der Waals surface area contributed by atoms with Crippen molar-refractivity contribution in [2.45, 2.75) is 32.8 Å². The smallest absolute Gasteiger partial charge is 0.125 e. The van der Waals surface area contributed by atoms with E-state index in [0.29, 0.717) is 6.54 Å². The molecule has 0 aliphatic carbocycles. The van der Waals surface area contributed by atoms with Gasteiger partial charge in [0.05, 0.1) is 5.60 Å². The van der Waals surface area contributed by atoms with Crippen LogP contribution in [0.15, 0.2) is 24.4 Å². The van der Waals surface area contributed by atoms with Gasteiger partial charge in [0.15, 0.2) is 0 Å². The quantitative estimate of drug-likeness (QED) is 0.780. The predicted molar refractivity (Wildman–Crippen MR) is 62.8 cm³/mol. The number of aromatic nitrogens is 1. The van der Waals surface area contributed by atoms with Crippen LogP contribution >= 0.6 is 0 Å². The van der Waals surface area contributed by atoms with Gasteiger partial charge in [0.2, 0.25) is 0 Å². The largest absolute Gasteiger partial charge is 0.388 e. The van der Waals surface area contributed by atoms with Gasteiger partial charge in [-0.25, -0.2) is 4.98 Å².